The molecule has 0 bridgehead atoms. The van der Waals surface area contributed by atoms with Crippen LogP contribution in [0.1, 0.15) is 44.3 Å². The molecule has 0 saturated heterocycles. The highest BCUT2D eigenvalue weighted by Gasteiger charge is 2.32. The summed E-state index contributed by atoms with van der Waals surface area (Å²) < 4.78 is 0. The van der Waals surface area contributed by atoms with Crippen molar-refractivity contribution in [3.8, 4) is 0 Å². The highest BCUT2D eigenvalue weighted by atomic mass is 16.1. The molecule has 1 fully saturated rings. The number of hydrogen-bond acceptors (Lipinski definition) is 4. The highest BCUT2D eigenvalue weighted by molar-refractivity contribution is 5.80. The van der Waals surface area contributed by atoms with Crippen LogP contribution in [0.3, 0.4) is 0 Å². The van der Waals surface area contributed by atoms with Gasteiger partial charge in [-0.25, -0.2) is 0 Å². The number of hydrogen-bond donors (Lipinski definition) is 0. The van der Waals surface area contributed by atoms with Crippen LogP contribution >= 0.6 is 0 Å². The van der Waals surface area contributed by atoms with Crippen LogP contribution in [0.15, 0.2) is 0 Å². The largest absolute Gasteiger partial charge is 0.300 e. The molecule has 5 heteroatoms. The van der Waals surface area contributed by atoms with Gasteiger partial charge in [0.2, 0.25) is 0 Å². The SMILES string of the molecule is CCC1CCC(=O)CC1c1nnn(C)n1. The van der Waals surface area contributed by atoms with Gasteiger partial charge in [-0.2, -0.15) is 4.80 Å². The molecule has 1 aromatic heterocycles. The van der Waals surface area contributed by atoms with Gasteiger partial charge in [0.05, 0.1) is 7.05 Å². The molecule has 0 N–H and O–H groups in total. The lowest BCUT2D eigenvalue weighted by atomic mass is 9.77. The molecule has 0 amide bonds. The Hall–Kier alpha value is -1.26. The van der Waals surface area contributed by atoms with E-state index in [-0.39, 0.29) is 5.92 Å². The zero-order chi connectivity index (χ0) is 10.8. The third-order valence-electron chi connectivity index (χ3n) is 3.19. The number of aromatic nitrogens is 4. The first kappa shape index (κ1) is 10.3. The smallest absolute Gasteiger partial charge is 0.178 e. The van der Waals surface area contributed by atoms with Crippen LogP contribution in [-0.2, 0) is 11.8 Å². The van der Waals surface area contributed by atoms with Crippen LogP contribution in [0.25, 0.3) is 0 Å². The predicted molar refractivity (Wildman–Crippen MR) is 54.2 cm³/mol. The second-order valence-corrected chi connectivity index (χ2v) is 4.19. The van der Waals surface area contributed by atoms with E-state index in [0.29, 0.717) is 18.1 Å². The second kappa shape index (κ2) is 4.08. The number of carbonyl (C=O) groups is 1. The van der Waals surface area contributed by atoms with Crippen LogP contribution in [0, 0.1) is 5.92 Å². The summed E-state index contributed by atoms with van der Waals surface area (Å²) in [4.78, 5) is 12.9. The standard InChI is InChI=1S/C10H16N4O/c1-3-7-4-5-8(15)6-9(7)10-11-13-14(2)12-10/h7,9H,3-6H2,1-2H3. The Labute approximate surface area is 88.9 Å². The molecule has 1 aromatic rings. The van der Waals surface area contributed by atoms with E-state index in [1.807, 2.05) is 0 Å². The van der Waals surface area contributed by atoms with Crippen molar-refractivity contribution < 1.29 is 4.79 Å². The molecule has 2 unspecified atom stereocenters. The van der Waals surface area contributed by atoms with Gasteiger partial charge in [0.15, 0.2) is 5.82 Å². The van der Waals surface area contributed by atoms with Gasteiger partial charge in [-0.05, 0) is 17.6 Å². The summed E-state index contributed by atoms with van der Waals surface area (Å²) in [5, 5.41) is 12.1. The van der Waals surface area contributed by atoms with E-state index in [9.17, 15) is 4.79 Å². The highest BCUT2D eigenvalue weighted by Crippen LogP contribution is 2.36. The van der Waals surface area contributed by atoms with E-state index in [1.165, 1.54) is 4.80 Å². The van der Waals surface area contributed by atoms with Crippen LogP contribution < -0.4 is 0 Å². The van der Waals surface area contributed by atoms with Gasteiger partial charge < -0.3 is 0 Å². The molecule has 1 aliphatic rings. The van der Waals surface area contributed by atoms with Crippen LogP contribution in [0.2, 0.25) is 0 Å². The molecule has 0 aliphatic heterocycles. The number of Topliss-reactive ketones (excluding diaryl/α,β-unsaturated/α-hetero) is 1. The van der Waals surface area contributed by atoms with Crippen molar-refractivity contribution in [3.63, 3.8) is 0 Å². The monoisotopic (exact) mass is 208 g/mol. The lowest BCUT2D eigenvalue weighted by molar-refractivity contribution is -0.121. The van der Waals surface area contributed by atoms with Crippen molar-refractivity contribution in [2.45, 2.75) is 38.5 Å². The Morgan fingerprint density at radius 2 is 2.33 bits per heavy atom. The topological polar surface area (TPSA) is 60.7 Å². The van der Waals surface area contributed by atoms with Gasteiger partial charge in [0, 0.05) is 18.8 Å². The molecule has 0 aromatic carbocycles. The van der Waals surface area contributed by atoms with E-state index >= 15 is 0 Å². The maximum Gasteiger partial charge on any atom is 0.178 e. The average molecular weight is 208 g/mol. The number of tetrazole rings is 1. The van der Waals surface area contributed by atoms with Crippen molar-refractivity contribution in [1.82, 2.24) is 20.2 Å². The molecule has 1 aliphatic carbocycles. The summed E-state index contributed by atoms with van der Waals surface area (Å²) in [6, 6.07) is 0. The Kier molecular flexibility index (Phi) is 2.79. The number of ketones is 1. The van der Waals surface area contributed by atoms with Gasteiger partial charge >= 0.3 is 0 Å². The van der Waals surface area contributed by atoms with E-state index in [0.717, 1.165) is 25.1 Å². The van der Waals surface area contributed by atoms with Crippen molar-refractivity contribution in [3.05, 3.63) is 5.82 Å². The molecule has 1 heterocycles. The first-order chi connectivity index (χ1) is 7.20. The van der Waals surface area contributed by atoms with E-state index in [4.69, 9.17) is 0 Å². The summed E-state index contributed by atoms with van der Waals surface area (Å²) in [7, 11) is 1.75. The average Bonchev–Trinajstić information content (AvgIpc) is 2.65. The van der Waals surface area contributed by atoms with Gasteiger partial charge in [-0.3, -0.25) is 4.79 Å². The molecule has 0 spiro atoms. The molecule has 0 radical (unpaired) electrons. The van der Waals surface area contributed by atoms with Crippen molar-refractivity contribution in [2.75, 3.05) is 0 Å². The van der Waals surface area contributed by atoms with Crippen molar-refractivity contribution in [1.29, 1.82) is 0 Å². The van der Waals surface area contributed by atoms with Crippen molar-refractivity contribution in [2.24, 2.45) is 13.0 Å². The number of nitrogens with zero attached hydrogens (tertiary/aromatic N) is 4. The molecular weight excluding hydrogens is 192 g/mol. The van der Waals surface area contributed by atoms with Crippen molar-refractivity contribution >= 4 is 5.78 Å². The van der Waals surface area contributed by atoms with E-state index in [2.05, 4.69) is 22.3 Å². The molecule has 15 heavy (non-hydrogen) atoms. The first-order valence-corrected chi connectivity index (χ1v) is 5.46. The van der Waals surface area contributed by atoms with Gasteiger partial charge in [-0.1, -0.05) is 13.3 Å². The Morgan fingerprint density at radius 3 is 2.93 bits per heavy atom. The third-order valence-corrected chi connectivity index (χ3v) is 3.19. The summed E-state index contributed by atoms with van der Waals surface area (Å²) >= 11 is 0. The molecule has 2 rings (SSSR count). The number of aryl methyl sites for hydroxylation is 1. The normalized spacial score (nSPS) is 26.9. The first-order valence-electron chi connectivity index (χ1n) is 5.46. The Morgan fingerprint density at radius 1 is 1.53 bits per heavy atom. The fourth-order valence-electron chi connectivity index (χ4n) is 2.30. The summed E-state index contributed by atoms with van der Waals surface area (Å²) in [5.74, 6) is 1.78. The van der Waals surface area contributed by atoms with E-state index < -0.39 is 0 Å². The van der Waals surface area contributed by atoms with E-state index in [1.54, 1.807) is 7.05 Å². The fourth-order valence-corrected chi connectivity index (χ4v) is 2.30. The zero-order valence-corrected chi connectivity index (χ0v) is 9.18. The summed E-state index contributed by atoms with van der Waals surface area (Å²) in [5.41, 5.74) is 0. The quantitative estimate of drug-likeness (QED) is 0.729. The van der Waals surface area contributed by atoms with Crippen LogP contribution in [0.4, 0.5) is 0 Å². The van der Waals surface area contributed by atoms with Gasteiger partial charge in [0.1, 0.15) is 5.78 Å². The Bertz CT molecular complexity index is 360. The van der Waals surface area contributed by atoms with Crippen LogP contribution in [-0.4, -0.2) is 26.0 Å². The maximum absolute atomic E-state index is 11.4. The minimum Gasteiger partial charge on any atom is -0.300 e. The minimum absolute atomic E-state index is 0.185. The second-order valence-electron chi connectivity index (χ2n) is 4.19. The molecule has 1 saturated carbocycles. The van der Waals surface area contributed by atoms with Gasteiger partial charge in [0.25, 0.3) is 0 Å². The number of carbonyl (C=O) groups excluding carboxylic acids is 1. The fraction of sp³-hybridized carbons (Fsp3) is 0.800. The lowest BCUT2D eigenvalue weighted by Crippen LogP contribution is -2.24. The minimum atomic E-state index is 0.185. The summed E-state index contributed by atoms with van der Waals surface area (Å²) in [6.45, 7) is 2.16. The molecule has 82 valence electrons. The number of rotatable bonds is 2. The molecule has 5 nitrogen and oxygen atoms in total. The van der Waals surface area contributed by atoms with Gasteiger partial charge in [-0.15, -0.1) is 10.2 Å². The third kappa shape index (κ3) is 2.06. The summed E-state index contributed by atoms with van der Waals surface area (Å²) in [6.07, 6.45) is 3.36. The van der Waals surface area contributed by atoms with Crippen LogP contribution in [0.5, 0.6) is 0 Å². The Balaban J connectivity index is 2.20. The molecule has 2 atom stereocenters. The molecular formula is C10H16N4O. The maximum atomic E-state index is 11.4. The zero-order valence-electron chi connectivity index (χ0n) is 9.18. The predicted octanol–water partition coefficient (Wildman–Crippen LogP) is 1.07. The lowest BCUT2D eigenvalue weighted by Gasteiger charge is -2.27.